The highest BCUT2D eigenvalue weighted by atomic mass is 32.2. The number of hydrogen-bond acceptors (Lipinski definition) is 7. The maximum absolute atomic E-state index is 13.5. The Morgan fingerprint density at radius 1 is 1.28 bits per heavy atom. The summed E-state index contributed by atoms with van der Waals surface area (Å²) in [5.41, 5.74) is 0.828. The number of aromatic nitrogens is 2. The summed E-state index contributed by atoms with van der Waals surface area (Å²) in [5, 5.41) is 3.89. The number of para-hydroxylation sites is 1. The molecule has 8 nitrogen and oxygen atoms in total. The minimum absolute atomic E-state index is 0.0383. The van der Waals surface area contributed by atoms with Crippen LogP contribution in [-0.2, 0) is 14.8 Å². The molecule has 1 amide bonds. The summed E-state index contributed by atoms with van der Waals surface area (Å²) in [5.74, 6) is 0.387. The molecule has 0 N–H and O–H groups in total. The fourth-order valence-electron chi connectivity index (χ4n) is 4.03. The molecule has 1 atom stereocenters. The number of aryl methyl sites for hydroxylation is 2. The molecule has 170 valence electrons. The Balaban J connectivity index is 1.56. The summed E-state index contributed by atoms with van der Waals surface area (Å²) in [6.45, 7) is 6.50. The predicted molar refractivity (Wildman–Crippen MR) is 123 cm³/mol. The average Bonchev–Trinajstić information content (AvgIpc) is 3.41. The van der Waals surface area contributed by atoms with E-state index in [1.54, 1.807) is 24.8 Å². The fourth-order valence-corrected chi connectivity index (χ4v) is 7.04. The number of benzene rings is 1. The number of carbonyl (C=O) groups excluding carboxylic acids is 1. The third-order valence-corrected chi connectivity index (χ3v) is 8.79. The van der Waals surface area contributed by atoms with E-state index in [0.717, 1.165) is 5.69 Å². The van der Waals surface area contributed by atoms with Crippen LogP contribution in [0.1, 0.15) is 30.5 Å². The van der Waals surface area contributed by atoms with Crippen LogP contribution < -0.4 is 4.90 Å². The van der Waals surface area contributed by atoms with Crippen LogP contribution in [0.2, 0.25) is 0 Å². The number of carbonyl (C=O) groups is 1. The van der Waals surface area contributed by atoms with Gasteiger partial charge in [0.25, 0.3) is 0 Å². The maximum Gasteiger partial charge on any atom is 0.244 e. The zero-order valence-electron chi connectivity index (χ0n) is 18.3. The van der Waals surface area contributed by atoms with Crippen LogP contribution in [0, 0.1) is 19.8 Å². The highest BCUT2D eigenvalue weighted by molar-refractivity contribution is 7.89. The van der Waals surface area contributed by atoms with Crippen molar-refractivity contribution in [2.45, 2.75) is 38.5 Å². The van der Waals surface area contributed by atoms with Gasteiger partial charge in [0.15, 0.2) is 0 Å². The van der Waals surface area contributed by atoms with Crippen LogP contribution in [0.25, 0.3) is 10.7 Å². The van der Waals surface area contributed by atoms with E-state index in [1.165, 1.54) is 15.6 Å². The van der Waals surface area contributed by atoms with Gasteiger partial charge in [-0.2, -0.15) is 9.29 Å². The van der Waals surface area contributed by atoms with E-state index in [9.17, 15) is 13.2 Å². The van der Waals surface area contributed by atoms with Gasteiger partial charge in [-0.05, 0) is 44.9 Å². The summed E-state index contributed by atoms with van der Waals surface area (Å²) >= 11 is 1.32. The average molecular weight is 475 g/mol. The van der Waals surface area contributed by atoms with E-state index in [2.05, 4.69) is 10.1 Å². The number of anilines is 1. The molecule has 0 bridgehead atoms. The zero-order valence-corrected chi connectivity index (χ0v) is 19.9. The second kappa shape index (κ2) is 9.13. The molecule has 0 radical (unpaired) electrons. The number of piperidine rings is 1. The van der Waals surface area contributed by atoms with Gasteiger partial charge < -0.3 is 9.42 Å². The molecule has 1 saturated heterocycles. The number of sulfonamides is 1. The number of thiophene rings is 1. The topological polar surface area (TPSA) is 96.6 Å². The van der Waals surface area contributed by atoms with Gasteiger partial charge in [-0.1, -0.05) is 23.4 Å². The van der Waals surface area contributed by atoms with E-state index in [0.29, 0.717) is 47.4 Å². The summed E-state index contributed by atoms with van der Waals surface area (Å²) in [6, 6.07) is 11.1. The van der Waals surface area contributed by atoms with Crippen molar-refractivity contribution in [3.05, 3.63) is 47.2 Å². The van der Waals surface area contributed by atoms with Crippen LogP contribution >= 0.6 is 11.3 Å². The lowest BCUT2D eigenvalue weighted by molar-refractivity contribution is -0.123. The first kappa shape index (κ1) is 22.6. The lowest BCUT2D eigenvalue weighted by Gasteiger charge is -2.34. The number of rotatable bonds is 6. The maximum atomic E-state index is 13.5. The third kappa shape index (κ3) is 4.35. The summed E-state index contributed by atoms with van der Waals surface area (Å²) < 4.78 is 33.4. The van der Waals surface area contributed by atoms with Crippen LogP contribution in [0.5, 0.6) is 0 Å². The molecule has 2 aromatic heterocycles. The van der Waals surface area contributed by atoms with Crippen molar-refractivity contribution in [1.29, 1.82) is 0 Å². The first-order chi connectivity index (χ1) is 15.3. The van der Waals surface area contributed by atoms with Crippen LogP contribution in [0.3, 0.4) is 0 Å². The standard InChI is InChI=1S/C22H26N4O4S2/c1-4-26(18-10-6-5-7-11-18)22(27)17-9-8-12-25(14-17)32(28,29)20-13-19(31-15(20)2)21-23-16(3)30-24-21/h5-7,10-11,13,17H,4,8-9,12,14H2,1-3H3/t17-/m1/s1. The number of nitrogens with zero attached hydrogens (tertiary/aromatic N) is 4. The first-order valence-corrected chi connectivity index (χ1v) is 12.8. The van der Waals surface area contributed by atoms with Crippen molar-refractivity contribution >= 4 is 33.0 Å². The Morgan fingerprint density at radius 2 is 2.03 bits per heavy atom. The molecule has 3 heterocycles. The minimum atomic E-state index is -3.75. The van der Waals surface area contributed by atoms with Crippen LogP contribution in [-0.4, -0.2) is 48.4 Å². The molecule has 3 aromatic rings. The molecule has 1 aromatic carbocycles. The van der Waals surface area contributed by atoms with Gasteiger partial charge in [-0.15, -0.1) is 11.3 Å². The summed E-state index contributed by atoms with van der Waals surface area (Å²) in [7, 11) is -3.75. The van der Waals surface area contributed by atoms with Gasteiger partial charge in [-0.25, -0.2) is 8.42 Å². The molecule has 0 saturated carbocycles. The zero-order chi connectivity index (χ0) is 22.9. The smallest absolute Gasteiger partial charge is 0.244 e. The molecule has 1 aliphatic heterocycles. The van der Waals surface area contributed by atoms with Crippen LogP contribution in [0.4, 0.5) is 5.69 Å². The Hall–Kier alpha value is -2.56. The SMILES string of the molecule is CCN(C(=O)[C@@H]1CCCN(S(=O)(=O)c2cc(-c3noc(C)n3)sc2C)C1)c1ccccc1. The second-order valence-corrected chi connectivity index (χ2v) is 11.0. The van der Waals surface area contributed by atoms with Crippen molar-refractivity contribution in [1.82, 2.24) is 14.4 Å². The molecular weight excluding hydrogens is 448 g/mol. The summed E-state index contributed by atoms with van der Waals surface area (Å²) in [4.78, 5) is 20.7. The number of amides is 1. The van der Waals surface area contributed by atoms with Gasteiger partial charge in [0.2, 0.25) is 27.6 Å². The van der Waals surface area contributed by atoms with E-state index in [4.69, 9.17) is 4.52 Å². The van der Waals surface area contributed by atoms with Crippen molar-refractivity contribution in [2.24, 2.45) is 5.92 Å². The van der Waals surface area contributed by atoms with Crippen molar-refractivity contribution < 1.29 is 17.7 Å². The Kier molecular flexibility index (Phi) is 6.45. The van der Waals surface area contributed by atoms with Gasteiger partial charge in [-0.3, -0.25) is 4.79 Å². The summed E-state index contributed by atoms with van der Waals surface area (Å²) in [6.07, 6.45) is 1.31. The lowest BCUT2D eigenvalue weighted by atomic mass is 9.97. The quantitative estimate of drug-likeness (QED) is 0.538. The Morgan fingerprint density at radius 3 is 2.69 bits per heavy atom. The first-order valence-electron chi connectivity index (χ1n) is 10.6. The minimum Gasteiger partial charge on any atom is -0.339 e. The molecule has 1 fully saturated rings. The largest absolute Gasteiger partial charge is 0.339 e. The van der Waals surface area contributed by atoms with Crippen LogP contribution in [0.15, 0.2) is 45.8 Å². The van der Waals surface area contributed by atoms with Gasteiger partial charge in [0, 0.05) is 37.1 Å². The van der Waals surface area contributed by atoms with Crippen molar-refractivity contribution in [3.63, 3.8) is 0 Å². The predicted octanol–water partition coefficient (Wildman–Crippen LogP) is 3.87. The highest BCUT2D eigenvalue weighted by Crippen LogP contribution is 2.35. The Bertz CT molecular complexity index is 1200. The van der Waals surface area contributed by atoms with E-state index in [1.807, 2.05) is 37.3 Å². The van der Waals surface area contributed by atoms with E-state index in [-0.39, 0.29) is 23.3 Å². The van der Waals surface area contributed by atoms with Crippen molar-refractivity contribution in [2.75, 3.05) is 24.5 Å². The molecule has 0 unspecified atom stereocenters. The third-order valence-electron chi connectivity index (χ3n) is 5.62. The molecule has 10 heteroatoms. The molecular formula is C22H26N4O4S2. The molecule has 1 aliphatic rings. The lowest BCUT2D eigenvalue weighted by Crippen LogP contribution is -2.46. The molecule has 0 aliphatic carbocycles. The van der Waals surface area contributed by atoms with Crippen molar-refractivity contribution in [3.8, 4) is 10.7 Å². The number of hydrogen-bond donors (Lipinski definition) is 0. The Labute approximate surface area is 191 Å². The van der Waals surface area contributed by atoms with Gasteiger partial charge in [0.1, 0.15) is 0 Å². The van der Waals surface area contributed by atoms with E-state index >= 15 is 0 Å². The normalized spacial score (nSPS) is 17.4. The molecule has 4 rings (SSSR count). The van der Waals surface area contributed by atoms with Gasteiger partial charge >= 0.3 is 0 Å². The molecule has 32 heavy (non-hydrogen) atoms. The highest BCUT2D eigenvalue weighted by Gasteiger charge is 2.36. The second-order valence-electron chi connectivity index (χ2n) is 7.79. The monoisotopic (exact) mass is 474 g/mol. The van der Waals surface area contributed by atoms with Gasteiger partial charge in [0.05, 0.1) is 15.7 Å². The fraction of sp³-hybridized carbons (Fsp3) is 0.409. The van der Waals surface area contributed by atoms with E-state index < -0.39 is 10.0 Å². The molecule has 0 spiro atoms.